The highest BCUT2D eigenvalue weighted by Crippen LogP contribution is 2.29. The Morgan fingerprint density at radius 3 is 2.51 bits per heavy atom. The van der Waals surface area contributed by atoms with Gasteiger partial charge in [0.05, 0.1) is 6.04 Å². The van der Waals surface area contributed by atoms with Crippen LogP contribution in [-0.2, 0) is 19.1 Å². The highest BCUT2D eigenvalue weighted by Gasteiger charge is 2.39. The lowest BCUT2D eigenvalue weighted by atomic mass is 9.81. The molecule has 190 valence electrons. The van der Waals surface area contributed by atoms with Crippen LogP contribution in [0.2, 0.25) is 0 Å². The van der Waals surface area contributed by atoms with E-state index >= 15 is 0 Å². The minimum atomic E-state index is -0.903. The smallest absolute Gasteiger partial charge is 0.268 e. The lowest BCUT2D eigenvalue weighted by molar-refractivity contribution is -0.132. The Morgan fingerprint density at radius 2 is 1.91 bits per heavy atom. The number of aldehydes is 1. The number of hydrogen-bond donors (Lipinski definition) is 4. The number of ether oxygens (including phenoxy) is 1. The highest BCUT2D eigenvalue weighted by molar-refractivity contribution is 6.00. The summed E-state index contributed by atoms with van der Waals surface area (Å²) >= 11 is 0. The molecule has 9 nitrogen and oxygen atoms in total. The maximum absolute atomic E-state index is 13.4. The molecule has 0 aliphatic carbocycles. The van der Waals surface area contributed by atoms with Crippen molar-refractivity contribution in [3.8, 4) is 0 Å². The van der Waals surface area contributed by atoms with Crippen molar-refractivity contribution in [1.29, 1.82) is 0 Å². The highest BCUT2D eigenvalue weighted by atomic mass is 16.5. The molecule has 2 amide bonds. The van der Waals surface area contributed by atoms with Crippen LogP contribution < -0.4 is 16.0 Å². The average molecular weight is 485 g/mol. The molecule has 35 heavy (non-hydrogen) atoms. The molecular weight excluding hydrogens is 448 g/mol. The van der Waals surface area contributed by atoms with Crippen LogP contribution in [0.15, 0.2) is 30.3 Å². The average Bonchev–Trinajstić information content (AvgIpc) is 3.45. The standard InChI is InChI=1S/C26H36N4O5/c1-25(2,3)12-21(30-23(33)19-11-17-7-5-6-8-18(17)28-19)24(34)29-20(22(32)14-35-4)13-26(16-31)9-10-27-15-26/h5-8,11,16,20-21,27-28H,9-10,12-15H2,1-4H3,(H,29,34)(H,30,33)/t20?,21?,26-/m0/s1. The van der Waals surface area contributed by atoms with Crippen LogP contribution in [-0.4, -0.2) is 67.8 Å². The van der Waals surface area contributed by atoms with Crippen molar-refractivity contribution in [2.24, 2.45) is 10.8 Å². The Bertz CT molecular complexity index is 1030. The third kappa shape index (κ3) is 6.99. The van der Waals surface area contributed by atoms with Gasteiger partial charge < -0.3 is 30.5 Å². The molecule has 0 spiro atoms. The Labute approximate surface area is 205 Å². The second-order valence-electron chi connectivity index (χ2n) is 10.6. The Morgan fingerprint density at radius 1 is 1.17 bits per heavy atom. The maximum atomic E-state index is 13.4. The lowest BCUT2D eigenvalue weighted by Gasteiger charge is -2.30. The monoisotopic (exact) mass is 484 g/mol. The summed E-state index contributed by atoms with van der Waals surface area (Å²) in [4.78, 5) is 54.2. The summed E-state index contributed by atoms with van der Waals surface area (Å²) in [7, 11) is 1.41. The quantitative estimate of drug-likeness (QED) is 0.361. The van der Waals surface area contributed by atoms with Crippen molar-refractivity contribution in [1.82, 2.24) is 20.9 Å². The Hall–Kier alpha value is -3.04. The second kappa shape index (κ2) is 11.1. The van der Waals surface area contributed by atoms with E-state index in [-0.39, 0.29) is 24.2 Å². The molecule has 1 aromatic carbocycles. The van der Waals surface area contributed by atoms with E-state index in [0.717, 1.165) is 17.2 Å². The molecule has 4 N–H and O–H groups in total. The minimum Gasteiger partial charge on any atom is -0.377 e. The van der Waals surface area contributed by atoms with E-state index in [9.17, 15) is 19.2 Å². The van der Waals surface area contributed by atoms with Crippen LogP contribution in [0.3, 0.4) is 0 Å². The molecule has 1 fully saturated rings. The van der Waals surface area contributed by atoms with Crippen LogP contribution in [0.25, 0.3) is 10.9 Å². The summed E-state index contributed by atoms with van der Waals surface area (Å²) in [6.45, 7) is 6.86. The third-order valence-corrected chi connectivity index (χ3v) is 6.34. The van der Waals surface area contributed by atoms with Gasteiger partial charge in [-0.15, -0.1) is 0 Å². The van der Waals surface area contributed by atoms with Gasteiger partial charge in [-0.1, -0.05) is 39.0 Å². The third-order valence-electron chi connectivity index (χ3n) is 6.34. The zero-order valence-electron chi connectivity index (χ0n) is 20.9. The number of methoxy groups -OCH3 is 1. The summed E-state index contributed by atoms with van der Waals surface area (Å²) < 4.78 is 5.01. The first-order chi connectivity index (χ1) is 16.6. The van der Waals surface area contributed by atoms with Gasteiger partial charge in [0.2, 0.25) is 5.91 Å². The number of nitrogens with one attached hydrogen (secondary N) is 4. The number of ketones is 1. The van der Waals surface area contributed by atoms with E-state index in [4.69, 9.17) is 4.74 Å². The predicted molar refractivity (Wildman–Crippen MR) is 133 cm³/mol. The summed E-state index contributed by atoms with van der Waals surface area (Å²) in [5.41, 5.74) is 0.168. The van der Waals surface area contributed by atoms with Gasteiger partial charge in [0.1, 0.15) is 24.6 Å². The summed E-state index contributed by atoms with van der Waals surface area (Å²) in [6, 6.07) is 7.49. The molecule has 0 radical (unpaired) electrons. The number of amides is 2. The van der Waals surface area contributed by atoms with Crippen LogP contribution in [0, 0.1) is 10.8 Å². The molecule has 9 heteroatoms. The SMILES string of the molecule is COCC(=O)C(C[C@@]1(C=O)CCNC1)NC(=O)C(CC(C)(C)C)NC(=O)c1cc2ccccc2[nH]1. The first kappa shape index (κ1) is 26.6. The van der Waals surface area contributed by atoms with Gasteiger partial charge in [-0.2, -0.15) is 0 Å². The summed E-state index contributed by atoms with van der Waals surface area (Å²) in [5, 5.41) is 9.70. The van der Waals surface area contributed by atoms with Crippen LogP contribution in [0.5, 0.6) is 0 Å². The second-order valence-corrected chi connectivity index (χ2v) is 10.6. The molecule has 1 aromatic heterocycles. The van der Waals surface area contributed by atoms with E-state index in [1.54, 1.807) is 6.07 Å². The molecule has 0 saturated carbocycles. The van der Waals surface area contributed by atoms with Crippen LogP contribution in [0.1, 0.15) is 50.5 Å². The predicted octanol–water partition coefficient (Wildman–Crippen LogP) is 1.97. The number of H-pyrrole nitrogens is 1. The van der Waals surface area contributed by atoms with Gasteiger partial charge in [0.15, 0.2) is 5.78 Å². The van der Waals surface area contributed by atoms with E-state index in [1.165, 1.54) is 7.11 Å². The number of fused-ring (bicyclic) bond motifs is 1. The molecule has 1 aliphatic rings. The first-order valence-electron chi connectivity index (χ1n) is 11.9. The van der Waals surface area contributed by atoms with Gasteiger partial charge in [-0.05, 0) is 43.4 Å². The molecule has 1 saturated heterocycles. The molecular formula is C26H36N4O5. The van der Waals surface area contributed by atoms with Crippen molar-refractivity contribution in [3.63, 3.8) is 0 Å². The van der Waals surface area contributed by atoms with Gasteiger partial charge >= 0.3 is 0 Å². The van der Waals surface area contributed by atoms with Crippen molar-refractivity contribution < 1.29 is 23.9 Å². The van der Waals surface area contributed by atoms with Crippen molar-refractivity contribution >= 4 is 34.8 Å². The van der Waals surface area contributed by atoms with Gasteiger partial charge in [0, 0.05) is 30.0 Å². The van der Waals surface area contributed by atoms with E-state index < -0.39 is 29.3 Å². The lowest BCUT2D eigenvalue weighted by Crippen LogP contribution is -2.54. The number of aromatic amines is 1. The summed E-state index contributed by atoms with van der Waals surface area (Å²) in [5.74, 6) is -1.19. The fraction of sp³-hybridized carbons (Fsp3) is 0.538. The number of rotatable bonds is 11. The van der Waals surface area contributed by atoms with Crippen molar-refractivity contribution in [2.75, 3.05) is 26.8 Å². The number of aromatic nitrogens is 1. The first-order valence-corrected chi connectivity index (χ1v) is 11.9. The van der Waals surface area contributed by atoms with Crippen molar-refractivity contribution in [2.45, 2.75) is 52.1 Å². The number of carbonyl (C=O) groups excluding carboxylic acids is 4. The van der Waals surface area contributed by atoms with Gasteiger partial charge in [-0.3, -0.25) is 14.4 Å². The number of carbonyl (C=O) groups is 4. The van der Waals surface area contributed by atoms with Crippen LogP contribution >= 0.6 is 0 Å². The number of benzene rings is 1. The normalized spacial score (nSPS) is 19.8. The fourth-order valence-electron chi connectivity index (χ4n) is 4.51. The molecule has 1 aliphatic heterocycles. The number of Topliss-reactive ketones (excluding diaryl/α,β-unsaturated/α-hetero) is 1. The van der Waals surface area contributed by atoms with E-state index in [0.29, 0.717) is 31.6 Å². The molecule has 3 atom stereocenters. The molecule has 0 bridgehead atoms. The molecule has 3 rings (SSSR count). The van der Waals surface area contributed by atoms with Gasteiger partial charge in [-0.25, -0.2) is 0 Å². The van der Waals surface area contributed by atoms with E-state index in [2.05, 4.69) is 20.9 Å². The minimum absolute atomic E-state index is 0.176. The zero-order valence-corrected chi connectivity index (χ0v) is 20.9. The zero-order chi connectivity index (χ0) is 25.6. The van der Waals surface area contributed by atoms with Crippen molar-refractivity contribution in [3.05, 3.63) is 36.0 Å². The Balaban J connectivity index is 1.79. The van der Waals surface area contributed by atoms with E-state index in [1.807, 2.05) is 45.0 Å². The fourth-order valence-corrected chi connectivity index (χ4v) is 4.51. The maximum Gasteiger partial charge on any atom is 0.268 e. The largest absolute Gasteiger partial charge is 0.377 e. The van der Waals surface area contributed by atoms with Crippen LogP contribution in [0.4, 0.5) is 0 Å². The molecule has 2 unspecified atom stereocenters. The molecule has 2 aromatic rings. The van der Waals surface area contributed by atoms with Gasteiger partial charge in [0.25, 0.3) is 5.91 Å². The Kier molecular flexibility index (Phi) is 8.45. The number of para-hydroxylation sites is 1. The topological polar surface area (TPSA) is 129 Å². The molecule has 2 heterocycles. The summed E-state index contributed by atoms with van der Waals surface area (Å²) in [6.07, 6.45) is 1.99. The number of hydrogen-bond acceptors (Lipinski definition) is 6.